The number of rotatable bonds is 4. The van der Waals surface area contributed by atoms with Crippen LogP contribution in [0.4, 0.5) is 13.2 Å². The summed E-state index contributed by atoms with van der Waals surface area (Å²) in [7, 11) is 0. The Balaban J connectivity index is 2.43. The lowest BCUT2D eigenvalue weighted by Gasteiger charge is -2.36. The summed E-state index contributed by atoms with van der Waals surface area (Å²) < 4.78 is 38.0. The van der Waals surface area contributed by atoms with Crippen molar-refractivity contribution in [2.75, 3.05) is 13.1 Å². The third-order valence-corrected chi connectivity index (χ3v) is 3.04. The van der Waals surface area contributed by atoms with Gasteiger partial charge in [-0.25, -0.2) is 0 Å². The highest BCUT2D eigenvalue weighted by atomic mass is 19.4. The van der Waals surface area contributed by atoms with E-state index in [1.165, 1.54) is 0 Å². The molecule has 4 heteroatoms. The third-order valence-electron chi connectivity index (χ3n) is 3.04. The molecule has 1 aliphatic rings. The van der Waals surface area contributed by atoms with Crippen molar-refractivity contribution >= 4 is 0 Å². The maximum atomic E-state index is 12.7. The summed E-state index contributed by atoms with van der Waals surface area (Å²) in [5.74, 6) is 0. The summed E-state index contributed by atoms with van der Waals surface area (Å²) in [4.78, 5) is 1.62. The fraction of sp³-hybridized carbons (Fsp3) is 1.00. The topological polar surface area (TPSA) is 3.24 Å². The van der Waals surface area contributed by atoms with Crippen molar-refractivity contribution in [2.24, 2.45) is 0 Å². The minimum atomic E-state index is -4.04. The van der Waals surface area contributed by atoms with Crippen LogP contribution >= 0.6 is 0 Å². The predicted octanol–water partition coefficient (Wildman–Crippen LogP) is 3.59. The Morgan fingerprint density at radius 1 is 1.20 bits per heavy atom. The van der Waals surface area contributed by atoms with Crippen molar-refractivity contribution in [1.29, 1.82) is 0 Å². The molecule has 0 aromatic carbocycles. The van der Waals surface area contributed by atoms with Gasteiger partial charge in [0, 0.05) is 0 Å². The molecule has 1 atom stereocenters. The quantitative estimate of drug-likeness (QED) is 0.658. The largest absolute Gasteiger partial charge is 0.404 e. The van der Waals surface area contributed by atoms with Crippen LogP contribution in [0.15, 0.2) is 0 Å². The third kappa shape index (κ3) is 4.01. The summed E-state index contributed by atoms with van der Waals surface area (Å²) in [6.45, 7) is 3.29. The van der Waals surface area contributed by atoms with Crippen LogP contribution in [0.25, 0.3) is 0 Å². The van der Waals surface area contributed by atoms with E-state index in [1.54, 1.807) is 4.90 Å². The first-order valence-corrected chi connectivity index (χ1v) is 5.86. The van der Waals surface area contributed by atoms with E-state index < -0.39 is 12.2 Å². The first-order valence-electron chi connectivity index (χ1n) is 5.86. The van der Waals surface area contributed by atoms with E-state index in [1.807, 2.05) is 0 Å². The van der Waals surface area contributed by atoms with Crippen molar-refractivity contribution in [3.05, 3.63) is 0 Å². The van der Waals surface area contributed by atoms with Crippen molar-refractivity contribution in [3.63, 3.8) is 0 Å². The molecule has 1 saturated heterocycles. The van der Waals surface area contributed by atoms with Crippen molar-refractivity contribution in [3.8, 4) is 0 Å². The number of piperidine rings is 1. The molecule has 0 aromatic rings. The molecule has 1 heterocycles. The van der Waals surface area contributed by atoms with Crippen LogP contribution in [0, 0.1) is 0 Å². The molecule has 0 radical (unpaired) electrons. The van der Waals surface area contributed by atoms with Gasteiger partial charge in [0.25, 0.3) is 0 Å². The monoisotopic (exact) mass is 223 g/mol. The molecular formula is C11H20F3N. The fourth-order valence-electron chi connectivity index (χ4n) is 2.19. The molecular weight excluding hydrogens is 203 g/mol. The van der Waals surface area contributed by atoms with Gasteiger partial charge in [0.1, 0.15) is 6.04 Å². The number of nitrogens with zero attached hydrogens (tertiary/aromatic N) is 1. The van der Waals surface area contributed by atoms with Gasteiger partial charge in [0.2, 0.25) is 0 Å². The molecule has 0 bridgehead atoms. The molecule has 0 aliphatic carbocycles. The Morgan fingerprint density at radius 2 is 1.93 bits per heavy atom. The van der Waals surface area contributed by atoms with Crippen LogP contribution in [0.5, 0.6) is 0 Å². The summed E-state index contributed by atoms with van der Waals surface area (Å²) >= 11 is 0. The minimum Gasteiger partial charge on any atom is -0.292 e. The SMILES string of the molecule is CCCCCN1CCCCC1C(F)(F)F. The molecule has 1 fully saturated rings. The second kappa shape index (κ2) is 5.73. The minimum absolute atomic E-state index is 0.287. The zero-order chi connectivity index (χ0) is 11.3. The van der Waals surface area contributed by atoms with E-state index in [4.69, 9.17) is 0 Å². The zero-order valence-corrected chi connectivity index (χ0v) is 9.32. The average Bonchev–Trinajstić information content (AvgIpc) is 2.17. The number of halogens is 3. The molecule has 0 amide bonds. The number of alkyl halides is 3. The van der Waals surface area contributed by atoms with Crippen LogP contribution in [0.1, 0.15) is 45.4 Å². The van der Waals surface area contributed by atoms with E-state index in [2.05, 4.69) is 6.92 Å². The van der Waals surface area contributed by atoms with E-state index >= 15 is 0 Å². The molecule has 1 unspecified atom stereocenters. The average molecular weight is 223 g/mol. The Hall–Kier alpha value is -0.250. The highest BCUT2D eigenvalue weighted by Crippen LogP contribution is 2.31. The Kier molecular flexibility index (Phi) is 4.90. The normalized spacial score (nSPS) is 24.4. The Morgan fingerprint density at radius 3 is 2.53 bits per heavy atom. The lowest BCUT2D eigenvalue weighted by molar-refractivity contribution is -0.191. The van der Waals surface area contributed by atoms with Gasteiger partial charge in [-0.1, -0.05) is 26.2 Å². The first kappa shape index (κ1) is 12.8. The van der Waals surface area contributed by atoms with Crippen LogP contribution in [-0.4, -0.2) is 30.2 Å². The summed E-state index contributed by atoms with van der Waals surface area (Å²) in [5.41, 5.74) is 0. The van der Waals surface area contributed by atoms with E-state index in [0.29, 0.717) is 19.5 Å². The van der Waals surface area contributed by atoms with E-state index in [0.717, 1.165) is 25.7 Å². The van der Waals surface area contributed by atoms with E-state index in [9.17, 15) is 13.2 Å². The summed E-state index contributed by atoms with van der Waals surface area (Å²) in [6, 6.07) is -1.18. The van der Waals surface area contributed by atoms with Gasteiger partial charge >= 0.3 is 6.18 Å². The molecule has 0 N–H and O–H groups in total. The Bertz CT molecular complexity index is 179. The molecule has 0 aromatic heterocycles. The van der Waals surface area contributed by atoms with Gasteiger partial charge in [-0.05, 0) is 32.4 Å². The lowest BCUT2D eigenvalue weighted by atomic mass is 10.0. The zero-order valence-electron chi connectivity index (χ0n) is 9.32. The summed E-state index contributed by atoms with van der Waals surface area (Å²) in [6.07, 6.45) is 0.865. The molecule has 1 aliphatic heterocycles. The van der Waals surface area contributed by atoms with Crippen LogP contribution < -0.4 is 0 Å². The molecule has 1 nitrogen and oxygen atoms in total. The maximum Gasteiger partial charge on any atom is 0.404 e. The first-order chi connectivity index (χ1) is 7.05. The number of hydrogen-bond donors (Lipinski definition) is 0. The number of hydrogen-bond acceptors (Lipinski definition) is 1. The molecule has 0 spiro atoms. The van der Waals surface area contributed by atoms with E-state index in [-0.39, 0.29) is 6.42 Å². The molecule has 1 rings (SSSR count). The van der Waals surface area contributed by atoms with Gasteiger partial charge in [-0.2, -0.15) is 13.2 Å². The predicted molar refractivity (Wildman–Crippen MR) is 54.8 cm³/mol. The van der Waals surface area contributed by atoms with Gasteiger partial charge in [0.05, 0.1) is 0 Å². The smallest absolute Gasteiger partial charge is 0.292 e. The second-order valence-electron chi connectivity index (χ2n) is 4.30. The van der Waals surface area contributed by atoms with Crippen molar-refractivity contribution < 1.29 is 13.2 Å². The second-order valence-corrected chi connectivity index (χ2v) is 4.30. The van der Waals surface area contributed by atoms with Gasteiger partial charge in [-0.15, -0.1) is 0 Å². The fourth-order valence-corrected chi connectivity index (χ4v) is 2.19. The molecule has 0 saturated carbocycles. The van der Waals surface area contributed by atoms with Gasteiger partial charge in [0.15, 0.2) is 0 Å². The number of likely N-dealkylation sites (tertiary alicyclic amines) is 1. The van der Waals surface area contributed by atoms with Crippen LogP contribution in [0.3, 0.4) is 0 Å². The maximum absolute atomic E-state index is 12.7. The standard InChI is InChI=1S/C11H20F3N/c1-2-3-5-8-15-9-6-4-7-10(15)11(12,13)14/h10H,2-9H2,1H3. The summed E-state index contributed by atoms with van der Waals surface area (Å²) in [5, 5.41) is 0. The lowest BCUT2D eigenvalue weighted by Crippen LogP contribution is -2.48. The van der Waals surface area contributed by atoms with Crippen molar-refractivity contribution in [2.45, 2.75) is 57.7 Å². The van der Waals surface area contributed by atoms with Gasteiger partial charge < -0.3 is 0 Å². The van der Waals surface area contributed by atoms with Gasteiger partial charge in [-0.3, -0.25) is 4.90 Å². The molecule has 90 valence electrons. The molecule has 15 heavy (non-hydrogen) atoms. The van der Waals surface area contributed by atoms with Crippen molar-refractivity contribution in [1.82, 2.24) is 4.90 Å². The highest BCUT2D eigenvalue weighted by molar-refractivity contribution is 4.82. The highest BCUT2D eigenvalue weighted by Gasteiger charge is 2.43. The Labute approximate surface area is 89.6 Å². The van der Waals surface area contributed by atoms with Crippen LogP contribution in [-0.2, 0) is 0 Å². The van der Waals surface area contributed by atoms with Crippen LogP contribution in [0.2, 0.25) is 0 Å². The number of unbranched alkanes of at least 4 members (excludes halogenated alkanes) is 2.